The Morgan fingerprint density at radius 1 is 0.870 bits per heavy atom. The van der Waals surface area contributed by atoms with Crippen LogP contribution in [0.15, 0.2) is 48.5 Å². The first kappa shape index (κ1) is 24.5. The van der Waals surface area contributed by atoms with Gasteiger partial charge >= 0.3 is 32.7 Å². The third-order valence-corrected chi connectivity index (χ3v) is 3.30. The third-order valence-electron chi connectivity index (χ3n) is 3.30. The van der Waals surface area contributed by atoms with Crippen molar-refractivity contribution in [3.05, 3.63) is 65.4 Å². The zero-order valence-electron chi connectivity index (χ0n) is 15.0. The molecule has 0 fully saturated rings. The van der Waals surface area contributed by atoms with Crippen molar-refractivity contribution in [2.24, 2.45) is 5.92 Å². The van der Waals surface area contributed by atoms with Gasteiger partial charge in [-0.25, -0.2) is 24.3 Å². The summed E-state index contributed by atoms with van der Waals surface area (Å²) in [5.41, 5.74) is 9.59. The number of amides is 1. The molecule has 0 heterocycles. The zero-order chi connectivity index (χ0) is 16.8. The maximum atomic E-state index is 10.6. The van der Waals surface area contributed by atoms with Crippen molar-refractivity contribution in [2.75, 3.05) is 0 Å². The molecule has 0 saturated carbocycles. The van der Waals surface area contributed by atoms with Crippen molar-refractivity contribution < 1.29 is 37.5 Å². The predicted octanol–water partition coefficient (Wildman–Crippen LogP) is 6.21. The van der Waals surface area contributed by atoms with Crippen LogP contribution in [0.2, 0.25) is 0 Å². The van der Waals surface area contributed by atoms with Crippen molar-refractivity contribution in [1.82, 2.24) is 0 Å². The van der Waals surface area contributed by atoms with Gasteiger partial charge in [0.15, 0.2) is 0 Å². The van der Waals surface area contributed by atoms with Crippen LogP contribution in [0.25, 0.3) is 5.73 Å². The smallest absolute Gasteiger partial charge is 0.668 e. The molecule has 2 aromatic rings. The van der Waals surface area contributed by atoms with E-state index in [-0.39, 0.29) is 44.5 Å². The van der Waals surface area contributed by atoms with Gasteiger partial charge < -0.3 is 10.5 Å². The van der Waals surface area contributed by atoms with Crippen molar-refractivity contribution >= 4 is 5.91 Å². The Bertz CT molecular complexity index is 422. The molecule has 2 nitrogen and oxygen atoms in total. The van der Waals surface area contributed by atoms with Crippen molar-refractivity contribution in [2.45, 2.75) is 53.4 Å². The molecular formula is C20H30NOY. The minimum absolute atomic E-state index is 0. The van der Waals surface area contributed by atoms with Gasteiger partial charge in [0, 0.05) is 5.92 Å². The number of hydrogen-bond donors (Lipinski definition) is 0. The number of carbonyl (C=O) groups excluding carboxylic acids is 1. The molecule has 0 spiro atoms. The van der Waals surface area contributed by atoms with E-state index >= 15 is 0 Å². The predicted molar refractivity (Wildman–Crippen MR) is 96.2 cm³/mol. The molecule has 0 radical (unpaired) electrons. The van der Waals surface area contributed by atoms with Crippen LogP contribution in [0, 0.1) is 19.8 Å². The summed E-state index contributed by atoms with van der Waals surface area (Å²) in [6, 6.07) is 16.5. The van der Waals surface area contributed by atoms with Crippen molar-refractivity contribution in [3.8, 4) is 0 Å². The number of rotatable bonds is 5. The van der Waals surface area contributed by atoms with Crippen LogP contribution in [-0.2, 0) is 37.5 Å². The maximum Gasteiger partial charge on any atom is 3.00 e. The third kappa shape index (κ3) is 14.6. The monoisotopic (exact) mass is 389 g/mol. The van der Waals surface area contributed by atoms with Gasteiger partial charge in [0.05, 0.1) is 5.91 Å². The molecule has 23 heavy (non-hydrogen) atoms. The van der Waals surface area contributed by atoms with E-state index in [1.54, 1.807) is 0 Å². The van der Waals surface area contributed by atoms with E-state index < -0.39 is 0 Å². The van der Waals surface area contributed by atoms with Crippen LogP contribution in [-0.4, -0.2) is 5.91 Å². The van der Waals surface area contributed by atoms with E-state index in [9.17, 15) is 4.79 Å². The number of hydrogen-bond acceptors (Lipinski definition) is 1. The summed E-state index contributed by atoms with van der Waals surface area (Å²) in [5.74, 6) is -0.376. The average Bonchev–Trinajstić information content (AvgIpc) is 3.13. The Morgan fingerprint density at radius 2 is 1.17 bits per heavy atom. The van der Waals surface area contributed by atoms with Gasteiger partial charge in [0.25, 0.3) is 0 Å². The summed E-state index contributed by atoms with van der Waals surface area (Å²) in [6.45, 7) is 8.26. The quantitative estimate of drug-likeness (QED) is 0.561. The second-order valence-corrected chi connectivity index (χ2v) is 5.56. The molecule has 0 unspecified atom stereocenters. The molecule has 0 aliphatic rings. The van der Waals surface area contributed by atoms with Crippen LogP contribution >= 0.6 is 0 Å². The molecule has 0 aromatic heterocycles. The molecular weight excluding hydrogens is 359 g/mol. The minimum Gasteiger partial charge on any atom is -0.668 e. The van der Waals surface area contributed by atoms with E-state index in [0.29, 0.717) is 0 Å². The van der Waals surface area contributed by atoms with E-state index in [1.807, 2.05) is 38.1 Å². The van der Waals surface area contributed by atoms with E-state index in [2.05, 4.69) is 38.1 Å². The van der Waals surface area contributed by atoms with Gasteiger partial charge in [0.2, 0.25) is 0 Å². The van der Waals surface area contributed by atoms with Gasteiger partial charge in [-0.15, -0.1) is 0 Å². The summed E-state index contributed by atoms with van der Waals surface area (Å²) in [7, 11) is 0. The van der Waals surface area contributed by atoms with Crippen LogP contribution in [0.4, 0.5) is 0 Å². The van der Waals surface area contributed by atoms with Gasteiger partial charge in [-0.1, -0.05) is 40.5 Å². The largest absolute Gasteiger partial charge is 3.00 e. The molecule has 1 amide bonds. The summed E-state index contributed by atoms with van der Waals surface area (Å²) >= 11 is 0. The molecule has 124 valence electrons. The first-order valence-electron chi connectivity index (χ1n) is 8.13. The van der Waals surface area contributed by atoms with E-state index in [1.165, 1.54) is 11.1 Å². The minimum atomic E-state index is -0.385. The second-order valence-electron chi connectivity index (χ2n) is 5.56. The molecule has 1 N–H and O–H groups in total. The second kappa shape index (κ2) is 16.1. The van der Waals surface area contributed by atoms with Crippen LogP contribution in [0.3, 0.4) is 0 Å². The number of carbonyl (C=O) groups is 1. The van der Waals surface area contributed by atoms with Crippen LogP contribution in [0.5, 0.6) is 0 Å². The molecule has 0 bridgehead atoms. The topological polar surface area (TPSA) is 40.9 Å². The van der Waals surface area contributed by atoms with Crippen LogP contribution < -0.4 is 0 Å². The zero-order valence-corrected chi connectivity index (χ0v) is 17.8. The van der Waals surface area contributed by atoms with Gasteiger partial charge in [0.1, 0.15) is 0 Å². The van der Waals surface area contributed by atoms with Gasteiger partial charge in [-0.2, -0.15) is 35.4 Å². The summed E-state index contributed by atoms with van der Waals surface area (Å²) in [5, 5.41) is 0. The van der Waals surface area contributed by atoms with Crippen molar-refractivity contribution in [1.29, 1.82) is 0 Å². The fraction of sp³-hybridized carbons (Fsp3) is 0.450. The van der Waals surface area contributed by atoms with Crippen LogP contribution in [0.1, 0.15) is 50.7 Å². The Labute approximate surface area is 167 Å². The molecule has 0 aliphatic carbocycles. The first-order valence-corrected chi connectivity index (χ1v) is 8.13. The molecule has 3 heteroatoms. The Kier molecular flexibility index (Phi) is 17.2. The van der Waals surface area contributed by atoms with E-state index in [4.69, 9.17) is 5.73 Å². The normalized spacial score (nSPS) is 9.09. The Balaban J connectivity index is 0. The van der Waals surface area contributed by atoms with E-state index in [0.717, 1.165) is 25.7 Å². The van der Waals surface area contributed by atoms with Gasteiger partial charge in [-0.05, 0) is 12.8 Å². The Hall–Kier alpha value is -0.726. The number of nitrogens with one attached hydrogen (secondary N) is 1. The first-order chi connectivity index (χ1) is 10.5. The molecule has 0 atom stereocenters. The molecule has 2 aromatic carbocycles. The molecule has 2 rings (SSSR count). The SMILES string of the molecule is CCCC(CCC)C([NH-])=O.C[c-]1cccc1.C[c-]1cccc1.[Y+3]. The fourth-order valence-electron chi connectivity index (χ4n) is 2.04. The van der Waals surface area contributed by atoms with Crippen molar-refractivity contribution in [3.63, 3.8) is 0 Å². The Morgan fingerprint density at radius 3 is 1.30 bits per heavy atom. The fourth-order valence-corrected chi connectivity index (χ4v) is 2.04. The summed E-state index contributed by atoms with van der Waals surface area (Å²) in [6.07, 6.45) is 3.79. The molecule has 0 saturated heterocycles. The van der Waals surface area contributed by atoms with Gasteiger partial charge in [-0.3, -0.25) is 0 Å². The summed E-state index contributed by atoms with van der Waals surface area (Å²) < 4.78 is 0. The average molecular weight is 389 g/mol. The summed E-state index contributed by atoms with van der Waals surface area (Å²) in [4.78, 5) is 10.6. The molecule has 0 aliphatic heterocycles. The standard InChI is InChI=1S/C8H17NO.2C6H7.Y/c1-3-5-7(6-4-2)8(9)10;2*1-6-4-2-3-5-6;/h7H,3-6H2,1-2H3,(H2,9,10);2*2-5H,1H3;/q;2*-1;+3/p-1. The number of aryl methyl sites for hydroxylation is 2. The maximum absolute atomic E-state index is 10.6.